The number of hydrogen-bond donors (Lipinski definition) is 1. The number of rotatable bonds is 4. The van der Waals surface area contributed by atoms with Crippen LogP contribution in [0.5, 0.6) is 0 Å². The van der Waals surface area contributed by atoms with E-state index in [2.05, 4.69) is 20.3 Å². The standard InChI is InChI=1S/C19H19N5O3S/c1-24(14-7-9-28(26,27)12-14)17-11-21-16(10-22-17)19(25)23-15-6-2-4-13-5-3-8-20-18(13)15/h2-6,8,10-11,14H,7,9,12H2,1H3,(H,23,25). The summed E-state index contributed by atoms with van der Waals surface area (Å²) in [4.78, 5) is 27.1. The number of amides is 1. The minimum absolute atomic E-state index is 0.113. The van der Waals surface area contributed by atoms with Crippen molar-refractivity contribution in [3.63, 3.8) is 0 Å². The fraction of sp³-hybridized carbons (Fsp3) is 0.263. The topological polar surface area (TPSA) is 105 Å². The van der Waals surface area contributed by atoms with Crippen molar-refractivity contribution in [3.05, 3.63) is 54.6 Å². The van der Waals surface area contributed by atoms with Gasteiger partial charge in [0.05, 0.1) is 35.1 Å². The van der Waals surface area contributed by atoms with Crippen LogP contribution in [-0.4, -0.2) is 53.9 Å². The lowest BCUT2D eigenvalue weighted by atomic mass is 10.2. The molecule has 3 aromatic rings. The summed E-state index contributed by atoms with van der Waals surface area (Å²) in [7, 11) is -1.19. The maximum atomic E-state index is 12.5. The zero-order valence-electron chi connectivity index (χ0n) is 15.2. The highest BCUT2D eigenvalue weighted by atomic mass is 32.2. The molecule has 1 unspecified atom stereocenters. The number of anilines is 2. The Morgan fingerprint density at radius 3 is 2.68 bits per heavy atom. The Labute approximate surface area is 162 Å². The van der Waals surface area contributed by atoms with Crippen LogP contribution in [0, 0.1) is 0 Å². The first-order valence-electron chi connectivity index (χ1n) is 8.83. The average Bonchev–Trinajstić information content (AvgIpc) is 3.07. The molecule has 28 heavy (non-hydrogen) atoms. The van der Waals surface area contributed by atoms with Crippen LogP contribution < -0.4 is 10.2 Å². The third-order valence-corrected chi connectivity index (χ3v) is 6.62. The highest BCUT2D eigenvalue weighted by Crippen LogP contribution is 2.22. The van der Waals surface area contributed by atoms with E-state index < -0.39 is 9.84 Å². The predicted molar refractivity (Wildman–Crippen MR) is 107 cm³/mol. The minimum atomic E-state index is -2.98. The largest absolute Gasteiger partial charge is 0.354 e. The van der Waals surface area contributed by atoms with Crippen LogP contribution in [0.2, 0.25) is 0 Å². The van der Waals surface area contributed by atoms with Gasteiger partial charge < -0.3 is 10.2 Å². The Hall–Kier alpha value is -3.07. The normalized spacial score (nSPS) is 18.1. The van der Waals surface area contributed by atoms with Crippen molar-refractivity contribution < 1.29 is 13.2 Å². The summed E-state index contributed by atoms with van der Waals surface area (Å²) in [6.45, 7) is 0. The van der Waals surface area contributed by atoms with E-state index >= 15 is 0 Å². The second-order valence-corrected chi connectivity index (χ2v) is 8.99. The fourth-order valence-corrected chi connectivity index (χ4v) is 5.05. The van der Waals surface area contributed by atoms with Gasteiger partial charge in [0, 0.05) is 24.7 Å². The van der Waals surface area contributed by atoms with Crippen LogP contribution in [0.1, 0.15) is 16.9 Å². The summed E-state index contributed by atoms with van der Waals surface area (Å²) in [5, 5.41) is 3.74. The van der Waals surface area contributed by atoms with E-state index in [0.29, 0.717) is 23.4 Å². The number of nitrogens with one attached hydrogen (secondary N) is 1. The first kappa shape index (κ1) is 18.3. The van der Waals surface area contributed by atoms with Gasteiger partial charge in [-0.1, -0.05) is 18.2 Å². The van der Waals surface area contributed by atoms with E-state index in [1.165, 1.54) is 12.4 Å². The summed E-state index contributed by atoms with van der Waals surface area (Å²) in [5.41, 5.74) is 1.47. The maximum Gasteiger partial charge on any atom is 0.275 e. The summed E-state index contributed by atoms with van der Waals surface area (Å²) in [6.07, 6.45) is 5.12. The molecule has 9 heteroatoms. The number of hydrogen-bond acceptors (Lipinski definition) is 7. The third kappa shape index (κ3) is 3.65. The number of nitrogens with zero attached hydrogens (tertiary/aromatic N) is 4. The number of sulfone groups is 1. The molecule has 0 saturated carbocycles. The van der Waals surface area contributed by atoms with Crippen molar-refractivity contribution in [1.29, 1.82) is 0 Å². The number of carbonyl (C=O) groups is 1. The van der Waals surface area contributed by atoms with E-state index in [4.69, 9.17) is 0 Å². The highest BCUT2D eigenvalue weighted by molar-refractivity contribution is 7.91. The first-order valence-corrected chi connectivity index (χ1v) is 10.7. The molecule has 1 N–H and O–H groups in total. The fourth-order valence-electron chi connectivity index (χ4n) is 3.28. The lowest BCUT2D eigenvalue weighted by Gasteiger charge is -2.24. The van der Waals surface area contributed by atoms with Gasteiger partial charge >= 0.3 is 0 Å². The smallest absolute Gasteiger partial charge is 0.275 e. The summed E-state index contributed by atoms with van der Waals surface area (Å²) >= 11 is 0. The molecular formula is C19H19N5O3S. The van der Waals surface area contributed by atoms with Gasteiger partial charge in [0.25, 0.3) is 5.91 Å². The zero-order valence-corrected chi connectivity index (χ0v) is 16.1. The summed E-state index contributed by atoms with van der Waals surface area (Å²) in [5.74, 6) is 0.449. The molecule has 1 aliphatic heterocycles. The van der Waals surface area contributed by atoms with Gasteiger partial charge in [0.1, 0.15) is 11.5 Å². The Kier molecular flexibility index (Phi) is 4.68. The molecular weight excluding hydrogens is 378 g/mol. The molecule has 0 spiro atoms. The zero-order chi connectivity index (χ0) is 19.7. The quantitative estimate of drug-likeness (QED) is 0.717. The summed E-state index contributed by atoms with van der Waals surface area (Å²) in [6, 6.07) is 9.19. The van der Waals surface area contributed by atoms with E-state index in [1.807, 2.05) is 24.3 Å². The molecule has 1 saturated heterocycles. The number of benzene rings is 1. The highest BCUT2D eigenvalue weighted by Gasteiger charge is 2.31. The lowest BCUT2D eigenvalue weighted by molar-refractivity contribution is 0.102. The molecule has 1 aliphatic rings. The van der Waals surface area contributed by atoms with E-state index in [1.54, 1.807) is 24.2 Å². The monoisotopic (exact) mass is 397 g/mol. The van der Waals surface area contributed by atoms with Gasteiger partial charge in [-0.25, -0.2) is 18.4 Å². The van der Waals surface area contributed by atoms with Crippen LogP contribution in [0.25, 0.3) is 10.9 Å². The minimum Gasteiger partial charge on any atom is -0.354 e. The number of para-hydroxylation sites is 1. The lowest BCUT2D eigenvalue weighted by Crippen LogP contribution is -2.33. The molecule has 1 fully saturated rings. The molecule has 3 heterocycles. The average molecular weight is 397 g/mol. The number of carbonyl (C=O) groups excluding carboxylic acids is 1. The number of pyridine rings is 1. The van der Waals surface area contributed by atoms with Gasteiger partial charge in [-0.3, -0.25) is 9.78 Å². The van der Waals surface area contributed by atoms with E-state index in [9.17, 15) is 13.2 Å². The van der Waals surface area contributed by atoms with Crippen molar-refractivity contribution >= 4 is 38.2 Å². The molecule has 1 amide bonds. The number of aromatic nitrogens is 3. The van der Waals surface area contributed by atoms with Crippen LogP contribution in [0.3, 0.4) is 0 Å². The molecule has 2 aromatic heterocycles. The number of fused-ring (bicyclic) bond motifs is 1. The molecule has 8 nitrogen and oxygen atoms in total. The Bertz CT molecular complexity index is 1130. The van der Waals surface area contributed by atoms with Crippen molar-refractivity contribution in [3.8, 4) is 0 Å². The van der Waals surface area contributed by atoms with Crippen LogP contribution in [0.4, 0.5) is 11.5 Å². The molecule has 1 atom stereocenters. The molecule has 144 valence electrons. The first-order chi connectivity index (χ1) is 13.4. The van der Waals surface area contributed by atoms with Gasteiger partial charge in [-0.15, -0.1) is 0 Å². The van der Waals surface area contributed by atoms with E-state index in [-0.39, 0.29) is 29.1 Å². The molecule has 0 bridgehead atoms. The SMILES string of the molecule is CN(c1cnc(C(=O)Nc2cccc3cccnc23)cn1)C1CCS(=O)(=O)C1. The van der Waals surface area contributed by atoms with Crippen molar-refractivity contribution in [1.82, 2.24) is 15.0 Å². The Morgan fingerprint density at radius 1 is 1.14 bits per heavy atom. The summed E-state index contributed by atoms with van der Waals surface area (Å²) < 4.78 is 23.3. The Balaban J connectivity index is 1.50. The maximum absolute atomic E-state index is 12.5. The predicted octanol–water partition coefficient (Wildman–Crippen LogP) is 1.90. The molecule has 1 aromatic carbocycles. The molecule has 0 aliphatic carbocycles. The van der Waals surface area contributed by atoms with Crippen molar-refractivity contribution in [2.45, 2.75) is 12.5 Å². The van der Waals surface area contributed by atoms with Crippen molar-refractivity contribution in [2.75, 3.05) is 28.8 Å². The molecule has 4 rings (SSSR count). The van der Waals surface area contributed by atoms with Gasteiger partial charge in [0.15, 0.2) is 9.84 Å². The second kappa shape index (κ2) is 7.16. The van der Waals surface area contributed by atoms with Crippen LogP contribution in [0.15, 0.2) is 48.9 Å². The van der Waals surface area contributed by atoms with Gasteiger partial charge in [0.2, 0.25) is 0 Å². The Morgan fingerprint density at radius 2 is 1.96 bits per heavy atom. The van der Waals surface area contributed by atoms with Crippen LogP contribution >= 0.6 is 0 Å². The van der Waals surface area contributed by atoms with Gasteiger partial charge in [-0.2, -0.15) is 0 Å². The van der Waals surface area contributed by atoms with Crippen LogP contribution in [-0.2, 0) is 9.84 Å². The second-order valence-electron chi connectivity index (χ2n) is 6.76. The molecule has 0 radical (unpaired) electrons. The van der Waals surface area contributed by atoms with Crippen molar-refractivity contribution in [2.24, 2.45) is 0 Å². The van der Waals surface area contributed by atoms with Gasteiger partial charge in [-0.05, 0) is 18.6 Å². The third-order valence-electron chi connectivity index (χ3n) is 4.87. The van der Waals surface area contributed by atoms with E-state index in [0.717, 1.165) is 5.39 Å².